The van der Waals surface area contributed by atoms with Crippen molar-refractivity contribution >= 4 is 22.9 Å². The third-order valence-electron chi connectivity index (χ3n) is 4.09. The van der Waals surface area contributed by atoms with Gasteiger partial charge in [-0.15, -0.1) is 10.2 Å². The quantitative estimate of drug-likeness (QED) is 0.431. The lowest BCUT2D eigenvalue weighted by atomic mass is 10.1. The van der Waals surface area contributed by atoms with Crippen molar-refractivity contribution in [1.82, 2.24) is 19.4 Å². The van der Waals surface area contributed by atoms with Gasteiger partial charge in [0.1, 0.15) is 0 Å². The Labute approximate surface area is 153 Å². The number of nitrogens with zero attached hydrogens (tertiary/aromatic N) is 4. The van der Waals surface area contributed by atoms with Gasteiger partial charge in [0.25, 0.3) is 0 Å². The van der Waals surface area contributed by atoms with Gasteiger partial charge in [0, 0.05) is 17.9 Å². The highest BCUT2D eigenvalue weighted by molar-refractivity contribution is 7.99. The topological polar surface area (TPSA) is 91.9 Å². The van der Waals surface area contributed by atoms with Crippen molar-refractivity contribution in [2.75, 3.05) is 11.6 Å². The Morgan fingerprint density at radius 3 is 2.69 bits per heavy atom. The van der Waals surface area contributed by atoms with Gasteiger partial charge in [0.2, 0.25) is 5.16 Å². The number of rotatable bonds is 5. The van der Waals surface area contributed by atoms with Crippen molar-refractivity contribution in [2.24, 2.45) is 0 Å². The second kappa shape index (κ2) is 6.72. The lowest BCUT2D eigenvalue weighted by molar-refractivity contribution is 0.514. The highest BCUT2D eigenvalue weighted by Crippen LogP contribution is 2.22. The van der Waals surface area contributed by atoms with Crippen molar-refractivity contribution in [3.63, 3.8) is 0 Å². The monoisotopic (exact) mass is 367 g/mol. The molecule has 0 bridgehead atoms. The van der Waals surface area contributed by atoms with Crippen LogP contribution in [0.5, 0.6) is 0 Å². The Bertz CT molecular complexity index is 1110. The predicted octanol–water partition coefficient (Wildman–Crippen LogP) is 2.67. The molecule has 2 aromatic carbocycles. The predicted molar refractivity (Wildman–Crippen MR) is 102 cm³/mol. The van der Waals surface area contributed by atoms with E-state index in [4.69, 9.17) is 10.3 Å². The Kier molecular flexibility index (Phi) is 4.26. The molecule has 132 valence electrons. The molecule has 0 fully saturated rings. The second-order valence-corrected chi connectivity index (χ2v) is 6.94. The molecule has 0 aliphatic carbocycles. The lowest BCUT2D eigenvalue weighted by Gasteiger charge is -2.04. The Morgan fingerprint density at radius 1 is 1.12 bits per heavy atom. The summed E-state index contributed by atoms with van der Waals surface area (Å²) >= 11 is 1.44. The molecule has 0 atom stereocenters. The van der Waals surface area contributed by atoms with Crippen LogP contribution in [0.1, 0.15) is 5.56 Å². The molecular weight excluding hydrogens is 350 g/mol. The smallest absolute Gasteiger partial charge is 0.408 e. The van der Waals surface area contributed by atoms with E-state index in [9.17, 15) is 4.79 Å². The van der Waals surface area contributed by atoms with Crippen LogP contribution < -0.4 is 11.6 Å². The van der Waals surface area contributed by atoms with E-state index >= 15 is 0 Å². The summed E-state index contributed by atoms with van der Waals surface area (Å²) in [5.41, 5.74) is 3.46. The fourth-order valence-corrected chi connectivity index (χ4v) is 3.51. The maximum atomic E-state index is 12.0. The summed E-state index contributed by atoms with van der Waals surface area (Å²) in [6.07, 6.45) is 0. The van der Waals surface area contributed by atoms with Gasteiger partial charge in [0.05, 0.1) is 5.52 Å². The van der Waals surface area contributed by atoms with Gasteiger partial charge in [0.15, 0.2) is 11.4 Å². The van der Waals surface area contributed by atoms with Gasteiger partial charge < -0.3 is 10.3 Å². The first-order chi connectivity index (χ1) is 12.6. The molecule has 4 aromatic rings. The highest BCUT2D eigenvalue weighted by atomic mass is 32.2. The molecule has 26 heavy (non-hydrogen) atoms. The summed E-state index contributed by atoms with van der Waals surface area (Å²) < 4.78 is 8.33. The first-order valence-corrected chi connectivity index (χ1v) is 9.11. The van der Waals surface area contributed by atoms with Gasteiger partial charge >= 0.3 is 5.76 Å². The maximum absolute atomic E-state index is 12.0. The molecule has 0 aliphatic heterocycles. The number of fused-ring (bicyclic) bond motifs is 1. The summed E-state index contributed by atoms with van der Waals surface area (Å²) in [7, 11) is 0. The fraction of sp³-hybridized carbons (Fsp3) is 0.167. The maximum Gasteiger partial charge on any atom is 0.419 e. The third kappa shape index (κ3) is 2.99. The van der Waals surface area contributed by atoms with Crippen LogP contribution >= 0.6 is 11.8 Å². The van der Waals surface area contributed by atoms with E-state index in [1.807, 2.05) is 49.4 Å². The third-order valence-corrected chi connectivity index (χ3v) is 5.02. The molecule has 4 rings (SSSR count). The number of nitrogen functional groups attached to an aromatic ring is 1. The largest absolute Gasteiger partial charge is 0.419 e. The van der Waals surface area contributed by atoms with E-state index in [1.165, 1.54) is 22.0 Å². The molecule has 7 nitrogen and oxygen atoms in total. The minimum absolute atomic E-state index is 0.360. The first-order valence-electron chi connectivity index (χ1n) is 8.12. The number of oxazole rings is 1. The fourth-order valence-electron chi connectivity index (χ4n) is 2.73. The van der Waals surface area contributed by atoms with E-state index in [2.05, 4.69) is 10.2 Å². The van der Waals surface area contributed by atoms with Crippen LogP contribution in [0.25, 0.3) is 22.5 Å². The van der Waals surface area contributed by atoms with Crippen molar-refractivity contribution in [1.29, 1.82) is 0 Å². The van der Waals surface area contributed by atoms with Crippen LogP contribution in [0, 0.1) is 6.92 Å². The number of aryl methyl sites for hydroxylation is 2. The van der Waals surface area contributed by atoms with Crippen LogP contribution in [0.15, 0.2) is 62.9 Å². The van der Waals surface area contributed by atoms with Crippen LogP contribution in [0.3, 0.4) is 0 Å². The first kappa shape index (κ1) is 16.5. The SMILES string of the molecule is Cc1ccc(-c2nnc(SCCn3c(=O)oc4ccccc43)n2N)cc1. The van der Waals surface area contributed by atoms with Gasteiger partial charge in [-0.05, 0) is 19.1 Å². The zero-order valence-electron chi connectivity index (χ0n) is 14.1. The minimum Gasteiger partial charge on any atom is -0.408 e. The standard InChI is InChI=1S/C18H17N5O2S/c1-12-6-8-13(9-7-12)16-20-21-17(23(16)19)26-11-10-22-14-4-2-3-5-15(14)25-18(22)24/h2-9H,10-11,19H2,1H3. The van der Waals surface area contributed by atoms with Crippen molar-refractivity contribution in [2.45, 2.75) is 18.6 Å². The van der Waals surface area contributed by atoms with Crippen LogP contribution in [-0.4, -0.2) is 25.2 Å². The van der Waals surface area contributed by atoms with E-state index in [0.717, 1.165) is 11.1 Å². The minimum atomic E-state index is -0.360. The lowest BCUT2D eigenvalue weighted by Crippen LogP contribution is -2.16. The molecule has 0 unspecified atom stereocenters. The number of hydrogen-bond donors (Lipinski definition) is 1. The number of nitrogens with two attached hydrogens (primary N) is 1. The van der Waals surface area contributed by atoms with Gasteiger partial charge in [-0.3, -0.25) is 4.57 Å². The van der Waals surface area contributed by atoms with Crippen LogP contribution in [-0.2, 0) is 6.54 Å². The average molecular weight is 367 g/mol. The molecule has 0 aliphatic rings. The van der Waals surface area contributed by atoms with Gasteiger partial charge in [-0.1, -0.05) is 53.7 Å². The second-order valence-electron chi connectivity index (χ2n) is 5.88. The Morgan fingerprint density at radius 2 is 1.88 bits per heavy atom. The van der Waals surface area contributed by atoms with E-state index in [0.29, 0.717) is 28.9 Å². The van der Waals surface area contributed by atoms with Crippen LogP contribution in [0.4, 0.5) is 0 Å². The number of benzene rings is 2. The van der Waals surface area contributed by atoms with Crippen molar-refractivity contribution in [3.8, 4) is 11.4 Å². The Balaban J connectivity index is 1.49. The molecule has 2 aromatic heterocycles. The number of hydrogen-bond acceptors (Lipinski definition) is 6. The van der Waals surface area contributed by atoms with Crippen molar-refractivity contribution < 1.29 is 4.42 Å². The molecule has 0 amide bonds. The number of aromatic nitrogens is 4. The molecule has 0 radical (unpaired) electrons. The van der Waals surface area contributed by atoms with Gasteiger partial charge in [-0.2, -0.15) is 0 Å². The summed E-state index contributed by atoms with van der Waals surface area (Å²) in [4.78, 5) is 12.0. The summed E-state index contributed by atoms with van der Waals surface area (Å²) in [6, 6.07) is 15.3. The summed E-state index contributed by atoms with van der Waals surface area (Å²) in [5.74, 6) is 7.00. The Hall–Kier alpha value is -3.00. The molecule has 2 N–H and O–H groups in total. The molecule has 2 heterocycles. The van der Waals surface area contributed by atoms with E-state index in [1.54, 1.807) is 10.6 Å². The number of thioether (sulfide) groups is 1. The molecule has 0 spiro atoms. The van der Waals surface area contributed by atoms with E-state index in [-0.39, 0.29) is 5.76 Å². The molecule has 0 saturated heterocycles. The molecular formula is C18H17N5O2S. The zero-order chi connectivity index (χ0) is 18.1. The van der Waals surface area contributed by atoms with E-state index < -0.39 is 0 Å². The normalized spacial score (nSPS) is 11.3. The van der Waals surface area contributed by atoms with Crippen LogP contribution in [0.2, 0.25) is 0 Å². The average Bonchev–Trinajstić information content (AvgIpc) is 3.16. The zero-order valence-corrected chi connectivity index (χ0v) is 14.9. The number of para-hydroxylation sites is 2. The van der Waals surface area contributed by atoms with Crippen molar-refractivity contribution in [3.05, 3.63) is 64.6 Å². The molecule has 0 saturated carbocycles. The van der Waals surface area contributed by atoms with Gasteiger partial charge in [-0.25, -0.2) is 9.47 Å². The molecule has 8 heteroatoms. The summed E-state index contributed by atoms with van der Waals surface area (Å²) in [5, 5.41) is 8.94. The summed E-state index contributed by atoms with van der Waals surface area (Å²) in [6.45, 7) is 2.52. The highest BCUT2D eigenvalue weighted by Gasteiger charge is 2.13.